The number of rotatable bonds is 5. The monoisotopic (exact) mass is 394 g/mol. The minimum atomic E-state index is -1.74. The van der Waals surface area contributed by atoms with Gasteiger partial charge in [0.2, 0.25) is 0 Å². The van der Waals surface area contributed by atoms with Crippen molar-refractivity contribution in [2.24, 2.45) is 0 Å². The van der Waals surface area contributed by atoms with Crippen molar-refractivity contribution >= 4 is 24.6 Å². The van der Waals surface area contributed by atoms with Gasteiger partial charge in [-0.2, -0.15) is 0 Å². The lowest BCUT2D eigenvalue weighted by Gasteiger charge is -2.14. The normalized spacial score (nSPS) is 9.86. The lowest BCUT2D eigenvalue weighted by atomic mass is 10.0. The highest BCUT2D eigenvalue weighted by Gasteiger charge is 2.19. The molecule has 0 amide bonds. The van der Waals surface area contributed by atoms with Crippen LogP contribution in [0.2, 0.25) is 0 Å². The summed E-state index contributed by atoms with van der Waals surface area (Å²) in [5.74, 6) is -1.32. The topological polar surface area (TPSA) is 186 Å². The van der Waals surface area contributed by atoms with Gasteiger partial charge in [-0.3, -0.25) is 0 Å². The Labute approximate surface area is 154 Å². The maximum Gasteiger partial charge on any atom is 0.511 e. The second-order valence-electron chi connectivity index (χ2n) is 4.79. The van der Waals surface area contributed by atoms with E-state index in [9.17, 15) is 19.2 Å². The van der Waals surface area contributed by atoms with Crippen molar-refractivity contribution in [3.05, 3.63) is 36.4 Å². The van der Waals surface area contributed by atoms with Crippen molar-refractivity contribution in [2.75, 3.05) is 0 Å². The van der Waals surface area contributed by atoms with E-state index in [1.165, 1.54) is 12.1 Å². The minimum Gasteiger partial charge on any atom is -0.449 e. The third-order valence-corrected chi connectivity index (χ3v) is 3.00. The van der Waals surface area contributed by atoms with E-state index in [2.05, 4.69) is 18.9 Å². The van der Waals surface area contributed by atoms with Crippen molar-refractivity contribution < 1.29 is 58.6 Å². The summed E-state index contributed by atoms with van der Waals surface area (Å²) >= 11 is 0. The number of benzene rings is 2. The molecular weight excluding hydrogens is 384 g/mol. The first-order chi connectivity index (χ1) is 13.2. The van der Waals surface area contributed by atoms with Crippen molar-refractivity contribution in [1.29, 1.82) is 0 Å². The lowest BCUT2D eigenvalue weighted by Crippen LogP contribution is -2.08. The van der Waals surface area contributed by atoms with Crippen LogP contribution in [0.4, 0.5) is 19.2 Å². The fraction of sp³-hybridized carbons (Fsp3) is 0. The Hall–Kier alpha value is -4.48. The largest absolute Gasteiger partial charge is 0.511 e. The number of hydrogen-bond acceptors (Lipinski definition) is 8. The van der Waals surface area contributed by atoms with Crippen molar-refractivity contribution in [3.8, 4) is 34.1 Å². The molecule has 2 aromatic rings. The second-order valence-corrected chi connectivity index (χ2v) is 4.79. The summed E-state index contributed by atoms with van der Waals surface area (Å²) in [5.41, 5.74) is -0.0310. The zero-order valence-corrected chi connectivity index (χ0v) is 13.5. The zero-order valence-electron chi connectivity index (χ0n) is 13.5. The standard InChI is InChI=1S/C16H10O12/c17-13(18)25-7-1-3-9(11(5-7)27-15(21)22)10-4-2-8(26-14(19)20)6-12(10)28-16(23)24/h1-6H,(H,17,18)(H,19,20)(H,21,22)(H,23,24). The van der Waals surface area contributed by atoms with E-state index in [4.69, 9.17) is 20.4 Å². The maximum absolute atomic E-state index is 10.9. The van der Waals surface area contributed by atoms with Gasteiger partial charge in [0.15, 0.2) is 0 Å². The molecule has 12 heteroatoms. The Morgan fingerprint density at radius 2 is 0.857 bits per heavy atom. The summed E-state index contributed by atoms with van der Waals surface area (Å²) in [6.07, 6.45) is -6.78. The average molecular weight is 394 g/mol. The molecule has 0 bridgehead atoms. The summed E-state index contributed by atoms with van der Waals surface area (Å²) < 4.78 is 18.0. The van der Waals surface area contributed by atoms with Gasteiger partial charge in [-0.05, 0) is 24.3 Å². The maximum atomic E-state index is 10.9. The van der Waals surface area contributed by atoms with Gasteiger partial charge in [0, 0.05) is 23.3 Å². The molecule has 0 aromatic heterocycles. The molecule has 28 heavy (non-hydrogen) atoms. The fourth-order valence-corrected chi connectivity index (χ4v) is 2.14. The van der Waals surface area contributed by atoms with Crippen molar-refractivity contribution in [1.82, 2.24) is 0 Å². The summed E-state index contributed by atoms with van der Waals surface area (Å²) in [4.78, 5) is 43.1. The van der Waals surface area contributed by atoms with Gasteiger partial charge in [0.25, 0.3) is 0 Å². The van der Waals surface area contributed by atoms with Crippen LogP contribution in [-0.2, 0) is 0 Å². The molecule has 0 unspecified atom stereocenters. The molecule has 2 aromatic carbocycles. The number of hydrogen-bond donors (Lipinski definition) is 4. The highest BCUT2D eigenvalue weighted by molar-refractivity contribution is 5.82. The van der Waals surface area contributed by atoms with Gasteiger partial charge in [0.05, 0.1) is 0 Å². The molecule has 0 fully saturated rings. The third kappa shape index (κ3) is 5.26. The lowest BCUT2D eigenvalue weighted by molar-refractivity contribution is 0.139. The van der Waals surface area contributed by atoms with Gasteiger partial charge in [-0.15, -0.1) is 0 Å². The van der Waals surface area contributed by atoms with Gasteiger partial charge >= 0.3 is 24.6 Å². The first kappa shape index (κ1) is 19.8. The van der Waals surface area contributed by atoms with E-state index < -0.39 is 36.1 Å². The van der Waals surface area contributed by atoms with Crippen LogP contribution in [0.1, 0.15) is 0 Å². The van der Waals surface area contributed by atoms with E-state index >= 15 is 0 Å². The molecular formula is C16H10O12. The number of carbonyl (C=O) groups is 4. The zero-order chi connectivity index (χ0) is 20.8. The van der Waals surface area contributed by atoms with Crippen LogP contribution in [0.15, 0.2) is 36.4 Å². The van der Waals surface area contributed by atoms with Crippen LogP contribution in [0.5, 0.6) is 23.0 Å². The summed E-state index contributed by atoms with van der Waals surface area (Å²) in [6.45, 7) is 0. The molecule has 0 spiro atoms. The van der Waals surface area contributed by atoms with E-state index in [-0.39, 0.29) is 22.6 Å². The summed E-state index contributed by atoms with van der Waals surface area (Å²) in [6, 6.07) is 6.60. The Morgan fingerprint density at radius 3 is 1.14 bits per heavy atom. The van der Waals surface area contributed by atoms with Gasteiger partial charge in [-0.25, -0.2) is 19.2 Å². The fourth-order valence-electron chi connectivity index (χ4n) is 2.14. The Balaban J connectivity index is 2.60. The molecule has 0 aliphatic heterocycles. The molecule has 0 saturated heterocycles. The Bertz CT molecular complexity index is 871. The highest BCUT2D eigenvalue weighted by Crippen LogP contribution is 2.40. The highest BCUT2D eigenvalue weighted by atomic mass is 16.7. The molecule has 0 saturated carbocycles. The van der Waals surface area contributed by atoms with Crippen LogP contribution in [0.25, 0.3) is 11.1 Å². The molecule has 0 aliphatic rings. The average Bonchev–Trinajstić information content (AvgIpc) is 2.54. The second kappa shape index (κ2) is 8.27. The SMILES string of the molecule is O=C(O)Oc1ccc(-c2ccc(OC(=O)O)cc2OC(=O)O)c(OC(=O)O)c1. The van der Waals surface area contributed by atoms with Crippen LogP contribution < -0.4 is 18.9 Å². The molecule has 2 rings (SSSR count). The number of ether oxygens (including phenoxy) is 4. The van der Waals surface area contributed by atoms with Crippen molar-refractivity contribution in [3.63, 3.8) is 0 Å². The van der Waals surface area contributed by atoms with E-state index in [1.54, 1.807) is 0 Å². The molecule has 4 N–H and O–H groups in total. The van der Waals surface area contributed by atoms with Crippen LogP contribution in [-0.4, -0.2) is 45.0 Å². The Morgan fingerprint density at radius 1 is 0.536 bits per heavy atom. The van der Waals surface area contributed by atoms with Gasteiger partial charge in [-0.1, -0.05) is 0 Å². The molecule has 0 radical (unpaired) electrons. The van der Waals surface area contributed by atoms with Gasteiger partial charge < -0.3 is 39.4 Å². The van der Waals surface area contributed by atoms with Crippen LogP contribution in [0, 0.1) is 0 Å². The third-order valence-electron chi connectivity index (χ3n) is 3.00. The molecule has 0 heterocycles. The minimum absolute atomic E-state index is 0.0155. The first-order valence-electron chi connectivity index (χ1n) is 7.07. The molecule has 0 aliphatic carbocycles. The molecule has 146 valence electrons. The van der Waals surface area contributed by atoms with Crippen LogP contribution >= 0.6 is 0 Å². The molecule has 12 nitrogen and oxygen atoms in total. The van der Waals surface area contributed by atoms with Gasteiger partial charge in [0.1, 0.15) is 23.0 Å². The smallest absolute Gasteiger partial charge is 0.449 e. The Kier molecular flexibility index (Phi) is 5.86. The van der Waals surface area contributed by atoms with Crippen molar-refractivity contribution in [2.45, 2.75) is 0 Å². The molecule has 0 atom stereocenters. The number of carboxylic acid groups (broad SMARTS) is 4. The van der Waals surface area contributed by atoms with E-state index in [0.29, 0.717) is 0 Å². The predicted molar refractivity (Wildman–Crippen MR) is 86.5 cm³/mol. The summed E-state index contributed by atoms with van der Waals surface area (Å²) in [5, 5.41) is 35.0. The van der Waals surface area contributed by atoms with Crippen LogP contribution in [0.3, 0.4) is 0 Å². The van der Waals surface area contributed by atoms with E-state index in [0.717, 1.165) is 24.3 Å². The first-order valence-corrected chi connectivity index (χ1v) is 7.07. The predicted octanol–water partition coefficient (Wildman–Crippen LogP) is 3.58. The van der Waals surface area contributed by atoms with E-state index in [1.807, 2.05) is 0 Å². The quantitative estimate of drug-likeness (QED) is 0.427. The summed E-state index contributed by atoms with van der Waals surface area (Å²) in [7, 11) is 0.